The Morgan fingerprint density at radius 3 is 2.68 bits per heavy atom. The molecule has 0 aromatic carbocycles. The van der Waals surface area contributed by atoms with Crippen molar-refractivity contribution in [2.45, 2.75) is 32.2 Å². The first kappa shape index (κ1) is 13.7. The number of hydrogen-bond donors (Lipinski definition) is 1. The summed E-state index contributed by atoms with van der Waals surface area (Å²) in [6.07, 6.45) is 12.5. The molecule has 0 saturated heterocycles. The van der Waals surface area contributed by atoms with Crippen LogP contribution in [-0.4, -0.2) is 26.3 Å². The molecule has 1 unspecified atom stereocenters. The first-order chi connectivity index (χ1) is 9.29. The van der Waals surface area contributed by atoms with Crippen molar-refractivity contribution in [2.75, 3.05) is 6.54 Å². The zero-order valence-corrected chi connectivity index (χ0v) is 11.6. The summed E-state index contributed by atoms with van der Waals surface area (Å²) < 4.78 is 1.84. The van der Waals surface area contributed by atoms with Crippen LogP contribution in [0.4, 0.5) is 0 Å². The van der Waals surface area contributed by atoms with Gasteiger partial charge in [-0.3, -0.25) is 4.68 Å². The number of nitrogens with one attached hydrogen (secondary N) is 1. The van der Waals surface area contributed by atoms with Crippen LogP contribution in [-0.2, 0) is 13.5 Å². The number of hydrogen-bond acceptors (Lipinski definition) is 4. The second kappa shape index (κ2) is 6.99. The Balaban J connectivity index is 1.97. The molecular weight excluding hydrogens is 238 g/mol. The predicted molar refractivity (Wildman–Crippen MR) is 74.6 cm³/mol. The molecule has 5 nitrogen and oxygen atoms in total. The second-order valence-electron chi connectivity index (χ2n) is 4.74. The van der Waals surface area contributed by atoms with Gasteiger partial charge >= 0.3 is 0 Å². The lowest BCUT2D eigenvalue weighted by atomic mass is 10.0. The largest absolute Gasteiger partial charge is 0.310 e. The molecule has 0 radical (unpaired) electrons. The molecule has 2 rings (SSSR count). The highest BCUT2D eigenvalue weighted by Crippen LogP contribution is 2.17. The van der Waals surface area contributed by atoms with Crippen molar-refractivity contribution in [2.24, 2.45) is 7.05 Å². The van der Waals surface area contributed by atoms with E-state index in [1.165, 1.54) is 5.56 Å². The van der Waals surface area contributed by atoms with Gasteiger partial charge in [0.15, 0.2) is 0 Å². The Morgan fingerprint density at radius 2 is 2.05 bits per heavy atom. The van der Waals surface area contributed by atoms with Crippen molar-refractivity contribution in [3.63, 3.8) is 0 Å². The van der Waals surface area contributed by atoms with Gasteiger partial charge in [-0.1, -0.05) is 6.92 Å². The van der Waals surface area contributed by atoms with Gasteiger partial charge < -0.3 is 5.32 Å². The molecule has 2 aromatic rings. The number of rotatable bonds is 7. The minimum Gasteiger partial charge on any atom is -0.310 e. The van der Waals surface area contributed by atoms with Crippen molar-refractivity contribution in [1.29, 1.82) is 0 Å². The maximum Gasteiger partial charge on any atom is 0.115 e. The van der Waals surface area contributed by atoms with Crippen molar-refractivity contribution < 1.29 is 0 Å². The molecule has 102 valence electrons. The maximum absolute atomic E-state index is 4.20. The van der Waals surface area contributed by atoms with Crippen LogP contribution in [0.5, 0.6) is 0 Å². The third kappa shape index (κ3) is 4.13. The van der Waals surface area contributed by atoms with Crippen LogP contribution in [0.3, 0.4) is 0 Å². The Bertz CT molecular complexity index is 480. The summed E-state index contributed by atoms with van der Waals surface area (Å²) in [7, 11) is 1.95. The standard InChI is InChI=1S/C14H21N5/c1-3-6-17-14(13-8-15-11-16-9-13)5-4-12-7-18-19(2)10-12/h7-11,14,17H,3-6H2,1-2H3. The van der Waals surface area contributed by atoms with Gasteiger partial charge in [-0.15, -0.1) is 0 Å². The first-order valence-corrected chi connectivity index (χ1v) is 6.75. The molecule has 0 fully saturated rings. The van der Waals surface area contributed by atoms with Crippen LogP contribution in [0.2, 0.25) is 0 Å². The van der Waals surface area contributed by atoms with Crippen LogP contribution in [0.15, 0.2) is 31.1 Å². The molecule has 2 aromatic heterocycles. The van der Waals surface area contributed by atoms with E-state index < -0.39 is 0 Å². The fourth-order valence-electron chi connectivity index (χ4n) is 2.11. The van der Waals surface area contributed by atoms with E-state index in [-0.39, 0.29) is 0 Å². The molecule has 2 heterocycles. The summed E-state index contributed by atoms with van der Waals surface area (Å²) in [4.78, 5) is 8.21. The Morgan fingerprint density at radius 1 is 1.26 bits per heavy atom. The Kier molecular flexibility index (Phi) is 5.03. The molecule has 1 N–H and O–H groups in total. The molecule has 0 aliphatic rings. The predicted octanol–water partition coefficient (Wildman–Crippen LogP) is 1.88. The Hall–Kier alpha value is -1.75. The third-order valence-corrected chi connectivity index (χ3v) is 3.10. The van der Waals surface area contributed by atoms with Crippen LogP contribution < -0.4 is 5.32 Å². The summed E-state index contributed by atoms with van der Waals surface area (Å²) in [6.45, 7) is 3.18. The Labute approximate surface area is 114 Å². The number of aromatic nitrogens is 4. The summed E-state index contributed by atoms with van der Waals surface area (Å²) in [6, 6.07) is 0.307. The minimum absolute atomic E-state index is 0.307. The zero-order valence-electron chi connectivity index (χ0n) is 11.6. The maximum atomic E-state index is 4.20. The van der Waals surface area contributed by atoms with E-state index in [1.807, 2.05) is 30.3 Å². The minimum atomic E-state index is 0.307. The van der Waals surface area contributed by atoms with Crippen LogP contribution in [0, 0.1) is 0 Å². The van der Waals surface area contributed by atoms with E-state index >= 15 is 0 Å². The van der Waals surface area contributed by atoms with Crippen LogP contribution in [0.1, 0.15) is 36.9 Å². The monoisotopic (exact) mass is 259 g/mol. The lowest BCUT2D eigenvalue weighted by Gasteiger charge is -2.17. The second-order valence-corrected chi connectivity index (χ2v) is 4.74. The van der Waals surface area contributed by atoms with E-state index in [1.54, 1.807) is 6.33 Å². The van der Waals surface area contributed by atoms with E-state index in [9.17, 15) is 0 Å². The number of aryl methyl sites for hydroxylation is 2. The van der Waals surface area contributed by atoms with Crippen molar-refractivity contribution in [3.8, 4) is 0 Å². The van der Waals surface area contributed by atoms with E-state index in [0.717, 1.165) is 31.4 Å². The molecule has 0 spiro atoms. The smallest absolute Gasteiger partial charge is 0.115 e. The summed E-state index contributed by atoms with van der Waals surface area (Å²) >= 11 is 0. The van der Waals surface area contributed by atoms with Crippen molar-refractivity contribution in [3.05, 3.63) is 42.2 Å². The average molecular weight is 259 g/mol. The lowest BCUT2D eigenvalue weighted by Crippen LogP contribution is -2.23. The fraction of sp³-hybridized carbons (Fsp3) is 0.500. The highest BCUT2D eigenvalue weighted by Gasteiger charge is 2.11. The molecule has 0 bridgehead atoms. The van der Waals surface area contributed by atoms with Gasteiger partial charge in [0.2, 0.25) is 0 Å². The normalized spacial score (nSPS) is 12.5. The van der Waals surface area contributed by atoms with E-state index in [0.29, 0.717) is 6.04 Å². The summed E-state index contributed by atoms with van der Waals surface area (Å²) in [5.41, 5.74) is 2.42. The molecule has 0 aliphatic heterocycles. The molecule has 5 heteroatoms. The van der Waals surface area contributed by atoms with Gasteiger partial charge in [-0.25, -0.2) is 9.97 Å². The summed E-state index contributed by atoms with van der Waals surface area (Å²) in [5, 5.41) is 7.76. The van der Waals surface area contributed by atoms with Crippen LogP contribution in [0.25, 0.3) is 0 Å². The SMILES string of the molecule is CCCNC(CCc1cnn(C)c1)c1cncnc1. The lowest BCUT2D eigenvalue weighted by molar-refractivity contribution is 0.496. The topological polar surface area (TPSA) is 55.6 Å². The van der Waals surface area contributed by atoms with Gasteiger partial charge in [0.25, 0.3) is 0 Å². The van der Waals surface area contributed by atoms with Gasteiger partial charge in [0.1, 0.15) is 6.33 Å². The van der Waals surface area contributed by atoms with Crippen LogP contribution >= 0.6 is 0 Å². The zero-order chi connectivity index (χ0) is 13.5. The molecule has 19 heavy (non-hydrogen) atoms. The fourth-order valence-corrected chi connectivity index (χ4v) is 2.11. The highest BCUT2D eigenvalue weighted by molar-refractivity contribution is 5.11. The molecule has 0 aliphatic carbocycles. The van der Waals surface area contributed by atoms with E-state index in [4.69, 9.17) is 0 Å². The van der Waals surface area contributed by atoms with Crippen molar-refractivity contribution >= 4 is 0 Å². The van der Waals surface area contributed by atoms with Gasteiger partial charge in [0.05, 0.1) is 6.20 Å². The highest BCUT2D eigenvalue weighted by atomic mass is 15.2. The quantitative estimate of drug-likeness (QED) is 0.825. The average Bonchev–Trinajstić information content (AvgIpc) is 2.86. The van der Waals surface area contributed by atoms with Gasteiger partial charge in [0, 0.05) is 37.2 Å². The number of nitrogens with zero attached hydrogens (tertiary/aromatic N) is 4. The molecular formula is C14H21N5. The third-order valence-electron chi connectivity index (χ3n) is 3.10. The van der Waals surface area contributed by atoms with Gasteiger partial charge in [-0.2, -0.15) is 5.10 Å². The van der Waals surface area contributed by atoms with Gasteiger partial charge in [-0.05, 0) is 31.4 Å². The summed E-state index contributed by atoms with van der Waals surface area (Å²) in [5.74, 6) is 0. The van der Waals surface area contributed by atoms with Crippen molar-refractivity contribution in [1.82, 2.24) is 25.1 Å². The molecule has 1 atom stereocenters. The molecule has 0 saturated carbocycles. The molecule has 0 amide bonds. The van der Waals surface area contributed by atoms with E-state index in [2.05, 4.69) is 33.5 Å². The first-order valence-electron chi connectivity index (χ1n) is 6.75.